The van der Waals surface area contributed by atoms with Crippen LogP contribution in [0.3, 0.4) is 0 Å². The van der Waals surface area contributed by atoms with E-state index in [1.165, 1.54) is 32.1 Å². The lowest BCUT2D eigenvalue weighted by atomic mass is 9.84. The van der Waals surface area contributed by atoms with Crippen LogP contribution in [-0.2, 0) is 9.22 Å². The van der Waals surface area contributed by atoms with Crippen LogP contribution >= 0.6 is 0 Å². The Morgan fingerprint density at radius 1 is 1.20 bits per heavy atom. The molecule has 2 atom stereocenters. The topological polar surface area (TPSA) is 49.8 Å². The first kappa shape index (κ1) is 20.9. The number of amides is 1. The number of hydrogen-bond acceptors (Lipinski definition) is 3. The zero-order chi connectivity index (χ0) is 18.7. The summed E-state index contributed by atoms with van der Waals surface area (Å²) in [7, 11) is -1.82. The molecule has 4 nitrogen and oxygen atoms in total. The number of rotatable bonds is 7. The van der Waals surface area contributed by atoms with Gasteiger partial charge in [-0.2, -0.15) is 0 Å². The summed E-state index contributed by atoms with van der Waals surface area (Å²) in [5.74, 6) is 0.835. The monoisotopic (exact) mass is 369 g/mol. The van der Waals surface area contributed by atoms with Crippen LogP contribution in [0.1, 0.15) is 72.1 Å². The van der Waals surface area contributed by atoms with E-state index < -0.39 is 8.32 Å². The van der Waals surface area contributed by atoms with Crippen molar-refractivity contribution in [1.29, 1.82) is 0 Å². The van der Waals surface area contributed by atoms with Crippen molar-refractivity contribution >= 4 is 14.2 Å². The molecule has 2 aliphatic rings. The predicted octanol–water partition coefficient (Wildman–Crippen LogP) is 4.33. The van der Waals surface area contributed by atoms with E-state index in [-0.39, 0.29) is 29.7 Å². The maximum Gasteiger partial charge on any atom is 0.222 e. The van der Waals surface area contributed by atoms with Gasteiger partial charge >= 0.3 is 0 Å². The average Bonchev–Trinajstić information content (AvgIpc) is 2.91. The van der Waals surface area contributed by atoms with Crippen LogP contribution < -0.4 is 0 Å². The van der Waals surface area contributed by atoms with Gasteiger partial charge in [-0.25, -0.2) is 0 Å². The molecule has 146 valence electrons. The van der Waals surface area contributed by atoms with Gasteiger partial charge in [0.05, 0.1) is 12.6 Å². The Bertz CT molecular complexity index is 441. The minimum Gasteiger partial charge on any atom is -0.414 e. The van der Waals surface area contributed by atoms with E-state index in [1.807, 2.05) is 4.90 Å². The second-order valence-corrected chi connectivity index (χ2v) is 14.3. The third kappa shape index (κ3) is 5.30. The smallest absolute Gasteiger partial charge is 0.222 e. The lowest BCUT2D eigenvalue weighted by molar-refractivity contribution is -0.129. The number of aliphatic hydroxyl groups excluding tert-OH is 1. The molecule has 0 aromatic carbocycles. The molecule has 0 spiro atoms. The van der Waals surface area contributed by atoms with Crippen molar-refractivity contribution in [2.75, 3.05) is 13.2 Å². The van der Waals surface area contributed by atoms with Crippen molar-refractivity contribution in [3.8, 4) is 0 Å². The van der Waals surface area contributed by atoms with Crippen LogP contribution in [0.15, 0.2) is 0 Å². The molecule has 2 fully saturated rings. The quantitative estimate of drug-likeness (QED) is 0.680. The molecule has 0 aromatic heterocycles. The minimum atomic E-state index is -1.82. The van der Waals surface area contributed by atoms with Gasteiger partial charge in [0.1, 0.15) is 0 Å². The second-order valence-electron chi connectivity index (χ2n) is 9.57. The summed E-state index contributed by atoms with van der Waals surface area (Å²) in [4.78, 5) is 14.1. The molecule has 1 aliphatic carbocycles. The summed E-state index contributed by atoms with van der Waals surface area (Å²) in [6, 6.07) is 0.0207. The van der Waals surface area contributed by atoms with E-state index in [2.05, 4.69) is 33.9 Å². The Labute approximate surface area is 155 Å². The van der Waals surface area contributed by atoms with E-state index in [0.717, 1.165) is 19.4 Å². The van der Waals surface area contributed by atoms with Crippen LogP contribution in [-0.4, -0.2) is 49.5 Å². The van der Waals surface area contributed by atoms with E-state index in [1.54, 1.807) is 0 Å². The Balaban J connectivity index is 2.05. The fourth-order valence-electron chi connectivity index (χ4n) is 4.01. The molecule has 0 aromatic rings. The Hall–Kier alpha value is -0.393. The largest absolute Gasteiger partial charge is 0.414 e. The van der Waals surface area contributed by atoms with Crippen LogP contribution in [0.2, 0.25) is 18.1 Å². The van der Waals surface area contributed by atoms with E-state index in [4.69, 9.17) is 4.43 Å². The van der Waals surface area contributed by atoms with Gasteiger partial charge in [0, 0.05) is 19.1 Å². The highest BCUT2D eigenvalue weighted by Crippen LogP contribution is 2.40. The van der Waals surface area contributed by atoms with Crippen LogP contribution in [0.5, 0.6) is 0 Å². The maximum atomic E-state index is 12.2. The molecule has 0 bridgehead atoms. The van der Waals surface area contributed by atoms with Gasteiger partial charge < -0.3 is 14.4 Å². The first-order chi connectivity index (χ1) is 11.7. The fourth-order valence-corrected chi connectivity index (χ4v) is 5.43. The zero-order valence-corrected chi connectivity index (χ0v) is 18.0. The summed E-state index contributed by atoms with van der Waals surface area (Å²) in [5.41, 5.74) is 0. The molecule has 1 N–H and O–H groups in total. The number of carbonyl (C=O) groups is 1. The predicted molar refractivity (Wildman–Crippen MR) is 105 cm³/mol. The van der Waals surface area contributed by atoms with Crippen LogP contribution in [0, 0.1) is 5.92 Å². The van der Waals surface area contributed by atoms with Crippen molar-refractivity contribution < 1.29 is 14.3 Å². The molecular formula is C20H39NO3Si. The number of nitrogens with zero attached hydrogens (tertiary/aromatic N) is 1. The highest BCUT2D eigenvalue weighted by molar-refractivity contribution is 6.74. The first-order valence-electron chi connectivity index (χ1n) is 10.2. The SMILES string of the molecule is CC(C)(C)[Si](C)(C)O[C@H](CCN1C(=O)CC[C@@H]1CO)C1CCCCC1. The van der Waals surface area contributed by atoms with Gasteiger partial charge in [0.25, 0.3) is 0 Å². The number of hydrogen-bond donors (Lipinski definition) is 1. The molecular weight excluding hydrogens is 330 g/mol. The Kier molecular flexibility index (Phi) is 7.14. The molecule has 25 heavy (non-hydrogen) atoms. The van der Waals surface area contributed by atoms with Crippen LogP contribution in [0.25, 0.3) is 0 Å². The summed E-state index contributed by atoms with van der Waals surface area (Å²) in [6.45, 7) is 12.4. The van der Waals surface area contributed by atoms with E-state index in [9.17, 15) is 9.90 Å². The number of aliphatic hydroxyl groups is 1. The average molecular weight is 370 g/mol. The second kappa shape index (κ2) is 8.53. The molecule has 1 heterocycles. The molecule has 2 rings (SSSR count). The van der Waals surface area contributed by atoms with E-state index in [0.29, 0.717) is 12.3 Å². The maximum absolute atomic E-state index is 12.2. The highest BCUT2D eigenvalue weighted by atomic mass is 28.4. The summed E-state index contributed by atoms with van der Waals surface area (Å²) in [6.07, 6.45) is 9.05. The van der Waals surface area contributed by atoms with Crippen molar-refractivity contribution in [3.05, 3.63) is 0 Å². The van der Waals surface area contributed by atoms with Crippen LogP contribution in [0.4, 0.5) is 0 Å². The van der Waals surface area contributed by atoms with Gasteiger partial charge in [0.2, 0.25) is 5.91 Å². The normalized spacial score (nSPS) is 24.8. The molecule has 1 aliphatic heterocycles. The zero-order valence-electron chi connectivity index (χ0n) is 17.0. The first-order valence-corrected chi connectivity index (χ1v) is 13.1. The molecule has 0 radical (unpaired) electrons. The van der Waals surface area contributed by atoms with Gasteiger partial charge in [-0.1, -0.05) is 40.0 Å². The molecule has 1 saturated carbocycles. The van der Waals surface area contributed by atoms with E-state index >= 15 is 0 Å². The lowest BCUT2D eigenvalue weighted by Gasteiger charge is -2.43. The van der Waals surface area contributed by atoms with Crippen molar-refractivity contribution in [1.82, 2.24) is 4.90 Å². The molecule has 0 unspecified atom stereocenters. The highest BCUT2D eigenvalue weighted by Gasteiger charge is 2.41. The van der Waals surface area contributed by atoms with Crippen molar-refractivity contribution in [2.24, 2.45) is 5.92 Å². The third-order valence-corrected chi connectivity index (χ3v) is 11.2. The minimum absolute atomic E-state index is 0.0207. The fraction of sp³-hybridized carbons (Fsp3) is 0.950. The molecule has 1 saturated heterocycles. The standard InChI is InChI=1S/C20H39NO3Si/c1-20(2,3)25(4,5)24-18(16-9-7-6-8-10-16)13-14-21-17(15-22)11-12-19(21)23/h16-18,22H,6-15H2,1-5H3/t17-,18-/m1/s1. The van der Waals surface area contributed by atoms with Gasteiger partial charge in [-0.3, -0.25) is 4.79 Å². The number of likely N-dealkylation sites (tertiary alicyclic amines) is 1. The van der Waals surface area contributed by atoms with Gasteiger partial charge in [-0.15, -0.1) is 0 Å². The Morgan fingerprint density at radius 3 is 2.40 bits per heavy atom. The van der Waals surface area contributed by atoms with Gasteiger partial charge in [0.15, 0.2) is 8.32 Å². The molecule has 1 amide bonds. The van der Waals surface area contributed by atoms with Crippen molar-refractivity contribution in [3.63, 3.8) is 0 Å². The van der Waals surface area contributed by atoms with Gasteiger partial charge in [-0.05, 0) is 49.7 Å². The molecule has 5 heteroatoms. The summed E-state index contributed by atoms with van der Waals surface area (Å²) < 4.78 is 6.84. The Morgan fingerprint density at radius 2 is 1.84 bits per heavy atom. The third-order valence-electron chi connectivity index (χ3n) is 6.75. The summed E-state index contributed by atoms with van der Waals surface area (Å²) in [5, 5.41) is 9.75. The lowest BCUT2D eigenvalue weighted by Crippen LogP contribution is -2.47. The summed E-state index contributed by atoms with van der Waals surface area (Å²) >= 11 is 0. The number of carbonyl (C=O) groups excluding carboxylic acids is 1. The van der Waals surface area contributed by atoms with Crippen molar-refractivity contribution in [2.45, 2.75) is 102 Å².